The van der Waals surface area contributed by atoms with E-state index in [4.69, 9.17) is 0 Å². The molecule has 0 spiro atoms. The minimum absolute atomic E-state index is 0. The fourth-order valence-electron chi connectivity index (χ4n) is 4.14. The molecule has 144 valence electrons. The van der Waals surface area contributed by atoms with Gasteiger partial charge in [-0.05, 0) is 56.4 Å². The third kappa shape index (κ3) is 5.95. The second kappa shape index (κ2) is 9.88. The number of hydrogen-bond donors (Lipinski definition) is 2. The molecule has 2 atom stereocenters. The first kappa shape index (κ1) is 20.6. The Kier molecular flexibility index (Phi) is 7.85. The van der Waals surface area contributed by atoms with Gasteiger partial charge in [-0.25, -0.2) is 0 Å². The van der Waals surface area contributed by atoms with Gasteiger partial charge in [0, 0.05) is 37.2 Å². The molecule has 2 unspecified atom stereocenters. The lowest BCUT2D eigenvalue weighted by Gasteiger charge is -2.28. The topological polar surface area (TPSA) is 84.3 Å². The molecule has 2 fully saturated rings. The zero-order valence-electron chi connectivity index (χ0n) is 15.0. The summed E-state index contributed by atoms with van der Waals surface area (Å²) in [5, 5.41) is 17.3. The largest absolute Gasteiger partial charge is 0.356 e. The van der Waals surface area contributed by atoms with Crippen molar-refractivity contribution in [3.8, 4) is 0 Å². The molecular weight excluding hydrogens is 354 g/mol. The summed E-state index contributed by atoms with van der Waals surface area (Å²) in [6.45, 7) is 0.712. The quantitative estimate of drug-likeness (QED) is 0.410. The fraction of sp³-hybridized carbons (Fsp3) is 0.632. The van der Waals surface area contributed by atoms with E-state index in [1.165, 1.54) is 12.8 Å². The number of benzene rings is 1. The number of carbonyl (C=O) groups excluding carboxylic acids is 1. The molecule has 7 heteroatoms. The molecular formula is C19H28ClN3O3. The van der Waals surface area contributed by atoms with Gasteiger partial charge in [0.1, 0.15) is 0 Å². The molecule has 0 aromatic heterocycles. The molecule has 1 amide bonds. The Hall–Kier alpha value is -1.66. The van der Waals surface area contributed by atoms with Gasteiger partial charge in [0.2, 0.25) is 5.91 Å². The predicted octanol–water partition coefficient (Wildman–Crippen LogP) is 3.38. The van der Waals surface area contributed by atoms with Crippen molar-refractivity contribution in [1.82, 2.24) is 10.6 Å². The Bertz CT molecular complexity index is 597. The number of nitro benzene ring substituents is 1. The lowest BCUT2D eigenvalue weighted by Crippen LogP contribution is -2.39. The van der Waals surface area contributed by atoms with Gasteiger partial charge < -0.3 is 10.6 Å². The van der Waals surface area contributed by atoms with Crippen LogP contribution in [0, 0.1) is 16.0 Å². The van der Waals surface area contributed by atoms with Crippen molar-refractivity contribution in [3.05, 3.63) is 39.9 Å². The van der Waals surface area contributed by atoms with Crippen LogP contribution in [-0.4, -0.2) is 29.5 Å². The molecule has 0 aliphatic carbocycles. The number of carbonyl (C=O) groups is 1. The highest BCUT2D eigenvalue weighted by molar-refractivity contribution is 5.85. The summed E-state index contributed by atoms with van der Waals surface area (Å²) >= 11 is 0. The first-order valence-electron chi connectivity index (χ1n) is 9.36. The first-order chi connectivity index (χ1) is 12.1. The van der Waals surface area contributed by atoms with Crippen LogP contribution in [0.4, 0.5) is 5.69 Å². The second-order valence-corrected chi connectivity index (χ2v) is 7.41. The van der Waals surface area contributed by atoms with E-state index < -0.39 is 0 Å². The van der Waals surface area contributed by atoms with E-state index in [-0.39, 0.29) is 28.9 Å². The number of nitrogens with zero attached hydrogens (tertiary/aromatic N) is 1. The lowest BCUT2D eigenvalue weighted by atomic mass is 9.89. The predicted molar refractivity (Wildman–Crippen MR) is 104 cm³/mol. The molecule has 2 aliphatic rings. The summed E-state index contributed by atoms with van der Waals surface area (Å²) in [5.41, 5.74) is 1.23. The van der Waals surface area contributed by atoms with E-state index in [0.29, 0.717) is 31.0 Å². The highest BCUT2D eigenvalue weighted by Gasteiger charge is 2.33. The highest BCUT2D eigenvalue weighted by Crippen LogP contribution is 2.32. The summed E-state index contributed by atoms with van der Waals surface area (Å²) in [6, 6.07) is 7.98. The smallest absolute Gasteiger partial charge is 0.269 e. The van der Waals surface area contributed by atoms with Crippen molar-refractivity contribution in [3.63, 3.8) is 0 Å². The molecule has 1 aromatic rings. The maximum atomic E-state index is 12.1. The number of non-ortho nitro benzene ring substituents is 1. The number of hydrogen-bond acceptors (Lipinski definition) is 4. The van der Waals surface area contributed by atoms with Gasteiger partial charge in [0.15, 0.2) is 0 Å². The summed E-state index contributed by atoms with van der Waals surface area (Å²) < 4.78 is 0. The van der Waals surface area contributed by atoms with Gasteiger partial charge in [0.05, 0.1) is 4.92 Å². The highest BCUT2D eigenvalue weighted by atomic mass is 35.5. The van der Waals surface area contributed by atoms with E-state index in [1.807, 2.05) is 12.1 Å². The number of rotatable bonds is 8. The molecule has 0 radical (unpaired) electrons. The van der Waals surface area contributed by atoms with Crippen LogP contribution >= 0.6 is 12.4 Å². The molecule has 2 saturated heterocycles. The van der Waals surface area contributed by atoms with Crippen LogP contribution in [0.3, 0.4) is 0 Å². The van der Waals surface area contributed by atoms with Gasteiger partial charge in [-0.1, -0.05) is 12.1 Å². The van der Waals surface area contributed by atoms with Crippen molar-refractivity contribution >= 4 is 24.0 Å². The van der Waals surface area contributed by atoms with E-state index in [1.54, 1.807) is 12.1 Å². The van der Waals surface area contributed by atoms with Crippen molar-refractivity contribution in [1.29, 1.82) is 0 Å². The summed E-state index contributed by atoms with van der Waals surface area (Å²) in [4.78, 5) is 22.3. The second-order valence-electron chi connectivity index (χ2n) is 7.41. The molecule has 3 rings (SSSR count). The molecule has 6 nitrogen and oxygen atoms in total. The Balaban J connectivity index is 0.00000243. The van der Waals surface area contributed by atoms with Gasteiger partial charge in [0.25, 0.3) is 5.69 Å². The number of nitrogens with one attached hydrogen (secondary N) is 2. The maximum absolute atomic E-state index is 12.1. The van der Waals surface area contributed by atoms with Crippen molar-refractivity contribution in [2.45, 2.75) is 63.5 Å². The van der Waals surface area contributed by atoms with Gasteiger partial charge in [-0.3, -0.25) is 14.9 Å². The number of halogens is 1. The van der Waals surface area contributed by atoms with Crippen molar-refractivity contribution in [2.75, 3.05) is 6.54 Å². The van der Waals surface area contributed by atoms with Crippen molar-refractivity contribution < 1.29 is 9.72 Å². The first-order valence-corrected chi connectivity index (χ1v) is 9.36. The molecule has 26 heavy (non-hydrogen) atoms. The summed E-state index contributed by atoms with van der Waals surface area (Å²) in [6.07, 6.45) is 8.27. The van der Waals surface area contributed by atoms with Gasteiger partial charge in [-0.2, -0.15) is 0 Å². The molecule has 0 saturated carbocycles. The van der Waals surface area contributed by atoms with Gasteiger partial charge in [-0.15, -0.1) is 12.4 Å². The van der Waals surface area contributed by atoms with Crippen LogP contribution < -0.4 is 10.6 Å². The Labute approximate surface area is 160 Å². The maximum Gasteiger partial charge on any atom is 0.269 e. The van der Waals surface area contributed by atoms with Crippen LogP contribution in [0.15, 0.2) is 24.3 Å². The van der Waals surface area contributed by atoms with E-state index in [2.05, 4.69) is 10.6 Å². The third-order valence-electron chi connectivity index (χ3n) is 5.41. The average Bonchev–Trinajstić information content (AvgIpc) is 2.93. The number of piperidine rings is 1. The zero-order valence-corrected chi connectivity index (χ0v) is 15.8. The Morgan fingerprint density at radius 2 is 1.81 bits per heavy atom. The minimum atomic E-state index is -0.382. The summed E-state index contributed by atoms with van der Waals surface area (Å²) in [7, 11) is 0. The molecule has 2 heterocycles. The molecule has 2 aliphatic heterocycles. The fourth-order valence-corrected chi connectivity index (χ4v) is 4.14. The average molecular weight is 382 g/mol. The third-order valence-corrected chi connectivity index (χ3v) is 5.41. The standard InChI is InChI=1S/C19H27N3O3.ClH/c23-19(13-15-11-16-6-7-17(12-15)21-16)20-10-2-1-3-14-4-8-18(9-5-14)22(24)25;/h4-5,8-9,15-17,21H,1-3,6-7,10-13H2,(H,20,23);1H. The number of aryl methyl sites for hydroxylation is 1. The van der Waals surface area contributed by atoms with E-state index in [0.717, 1.165) is 37.7 Å². The minimum Gasteiger partial charge on any atom is -0.356 e. The van der Waals surface area contributed by atoms with Crippen LogP contribution in [0.25, 0.3) is 0 Å². The van der Waals surface area contributed by atoms with E-state index >= 15 is 0 Å². The Morgan fingerprint density at radius 1 is 1.15 bits per heavy atom. The number of fused-ring (bicyclic) bond motifs is 2. The van der Waals surface area contributed by atoms with Gasteiger partial charge >= 0.3 is 0 Å². The molecule has 2 bridgehead atoms. The zero-order chi connectivity index (χ0) is 17.6. The van der Waals surface area contributed by atoms with Crippen LogP contribution in [0.5, 0.6) is 0 Å². The monoisotopic (exact) mass is 381 g/mol. The lowest BCUT2D eigenvalue weighted by molar-refractivity contribution is -0.384. The molecule has 1 aromatic carbocycles. The number of nitro groups is 1. The Morgan fingerprint density at radius 3 is 2.42 bits per heavy atom. The number of amides is 1. The SMILES string of the molecule is Cl.O=C(CC1CC2CCC(C1)N2)NCCCCc1ccc([N+](=O)[O-])cc1. The van der Waals surface area contributed by atoms with Crippen molar-refractivity contribution in [2.24, 2.45) is 5.92 Å². The van der Waals surface area contributed by atoms with Crippen LogP contribution in [0.1, 0.15) is 50.5 Å². The van der Waals surface area contributed by atoms with E-state index in [9.17, 15) is 14.9 Å². The number of unbranched alkanes of at least 4 members (excludes halogenated alkanes) is 1. The van der Waals surface area contributed by atoms with Crippen LogP contribution in [0.2, 0.25) is 0 Å². The normalized spacial score (nSPS) is 23.9. The summed E-state index contributed by atoms with van der Waals surface area (Å²) in [5.74, 6) is 0.723. The molecule has 2 N–H and O–H groups in total. The van der Waals surface area contributed by atoms with Crippen LogP contribution in [-0.2, 0) is 11.2 Å².